The molecular formula is C15H13O2. The van der Waals surface area contributed by atoms with Crippen molar-refractivity contribution >= 4 is 5.97 Å². The van der Waals surface area contributed by atoms with Gasteiger partial charge in [0.1, 0.15) is 5.75 Å². The molecule has 1 radical (unpaired) electrons. The maximum Gasteiger partial charge on any atom is 0.311 e. The molecular weight excluding hydrogens is 212 g/mol. The van der Waals surface area contributed by atoms with Crippen molar-refractivity contribution < 1.29 is 9.53 Å². The van der Waals surface area contributed by atoms with E-state index in [4.69, 9.17) is 4.74 Å². The molecule has 0 aromatic heterocycles. The smallest absolute Gasteiger partial charge is 0.311 e. The summed E-state index contributed by atoms with van der Waals surface area (Å²) >= 11 is 0. The Hall–Kier alpha value is -2.09. The molecule has 0 saturated carbocycles. The molecule has 0 aliphatic carbocycles. The summed E-state index contributed by atoms with van der Waals surface area (Å²) in [4.78, 5) is 11.6. The third-order valence-corrected chi connectivity index (χ3v) is 2.38. The van der Waals surface area contributed by atoms with Gasteiger partial charge in [0.25, 0.3) is 0 Å². The van der Waals surface area contributed by atoms with Gasteiger partial charge >= 0.3 is 5.97 Å². The van der Waals surface area contributed by atoms with Crippen molar-refractivity contribution in [2.24, 2.45) is 0 Å². The SMILES string of the molecule is O=C(CCc1ccccc1)Oc1cc[c]cc1. The van der Waals surface area contributed by atoms with E-state index in [1.54, 1.807) is 24.3 Å². The molecule has 0 unspecified atom stereocenters. The molecule has 0 atom stereocenters. The molecule has 2 heteroatoms. The van der Waals surface area contributed by atoms with Gasteiger partial charge in [0.2, 0.25) is 0 Å². The van der Waals surface area contributed by atoms with Gasteiger partial charge in [0.05, 0.1) is 0 Å². The zero-order valence-corrected chi connectivity index (χ0v) is 9.43. The van der Waals surface area contributed by atoms with Gasteiger partial charge in [-0.15, -0.1) is 0 Å². The molecule has 17 heavy (non-hydrogen) atoms. The first-order chi connectivity index (χ1) is 8.34. The predicted octanol–water partition coefficient (Wildman–Crippen LogP) is 3.02. The van der Waals surface area contributed by atoms with Crippen LogP contribution in [0.5, 0.6) is 5.75 Å². The second-order valence-electron chi connectivity index (χ2n) is 3.70. The van der Waals surface area contributed by atoms with Crippen LogP contribution in [0.4, 0.5) is 0 Å². The van der Waals surface area contributed by atoms with Crippen molar-refractivity contribution in [1.29, 1.82) is 0 Å². The first-order valence-corrected chi connectivity index (χ1v) is 5.55. The Kier molecular flexibility index (Phi) is 3.92. The molecule has 85 valence electrons. The minimum atomic E-state index is -0.208. The van der Waals surface area contributed by atoms with Crippen molar-refractivity contribution in [2.75, 3.05) is 0 Å². The van der Waals surface area contributed by atoms with Crippen LogP contribution in [0.3, 0.4) is 0 Å². The third-order valence-electron chi connectivity index (χ3n) is 2.38. The fraction of sp³-hybridized carbons (Fsp3) is 0.133. The second-order valence-corrected chi connectivity index (χ2v) is 3.70. The number of rotatable bonds is 4. The predicted molar refractivity (Wildman–Crippen MR) is 65.7 cm³/mol. The van der Waals surface area contributed by atoms with Crippen LogP contribution in [0, 0.1) is 6.07 Å². The summed E-state index contributed by atoms with van der Waals surface area (Å²) in [5.74, 6) is 0.363. The van der Waals surface area contributed by atoms with E-state index < -0.39 is 0 Å². The number of carbonyl (C=O) groups excluding carboxylic acids is 1. The molecule has 0 bridgehead atoms. The van der Waals surface area contributed by atoms with Crippen LogP contribution < -0.4 is 4.74 Å². The lowest BCUT2D eigenvalue weighted by Crippen LogP contribution is -2.08. The van der Waals surface area contributed by atoms with E-state index in [2.05, 4.69) is 6.07 Å². The number of hydrogen-bond acceptors (Lipinski definition) is 2. The first kappa shape index (κ1) is 11.4. The highest BCUT2D eigenvalue weighted by molar-refractivity contribution is 5.72. The van der Waals surface area contributed by atoms with Gasteiger partial charge in [-0.3, -0.25) is 4.79 Å². The minimum Gasteiger partial charge on any atom is -0.427 e. The van der Waals surface area contributed by atoms with E-state index >= 15 is 0 Å². The minimum absolute atomic E-state index is 0.208. The van der Waals surface area contributed by atoms with Crippen molar-refractivity contribution in [1.82, 2.24) is 0 Å². The molecule has 0 N–H and O–H groups in total. The molecule has 0 amide bonds. The molecule has 0 spiro atoms. The number of aryl methyl sites for hydroxylation is 1. The summed E-state index contributed by atoms with van der Waals surface area (Å²) in [6.07, 6.45) is 1.10. The number of ether oxygens (including phenoxy) is 1. The molecule has 0 saturated heterocycles. The quantitative estimate of drug-likeness (QED) is 0.590. The van der Waals surface area contributed by atoms with Crippen LogP contribution in [0.15, 0.2) is 54.6 Å². The molecule has 0 fully saturated rings. The summed E-state index contributed by atoms with van der Waals surface area (Å²) in [5.41, 5.74) is 1.14. The Balaban J connectivity index is 1.83. The fourth-order valence-electron chi connectivity index (χ4n) is 1.51. The lowest BCUT2D eigenvalue weighted by molar-refractivity contribution is -0.134. The van der Waals surface area contributed by atoms with Crippen LogP contribution in [0.2, 0.25) is 0 Å². The average molecular weight is 225 g/mol. The standard InChI is InChI=1S/C15H13O2/c16-15(17-14-9-5-2-6-10-14)12-11-13-7-3-1-4-8-13/h1,3-10H,11-12H2. The van der Waals surface area contributed by atoms with E-state index in [0.29, 0.717) is 18.6 Å². The molecule has 2 aromatic rings. The Morgan fingerprint density at radius 2 is 1.76 bits per heavy atom. The highest BCUT2D eigenvalue weighted by Crippen LogP contribution is 2.10. The van der Waals surface area contributed by atoms with Gasteiger partial charge < -0.3 is 4.74 Å². The van der Waals surface area contributed by atoms with Crippen LogP contribution in [0.1, 0.15) is 12.0 Å². The summed E-state index contributed by atoms with van der Waals surface area (Å²) < 4.78 is 5.18. The zero-order valence-electron chi connectivity index (χ0n) is 9.43. The normalized spacial score (nSPS) is 9.88. The van der Waals surface area contributed by atoms with Gasteiger partial charge in [-0.25, -0.2) is 0 Å². The number of esters is 1. The Morgan fingerprint density at radius 3 is 2.47 bits per heavy atom. The van der Waals surface area contributed by atoms with Crippen molar-refractivity contribution in [3.05, 3.63) is 66.2 Å². The summed E-state index contributed by atoms with van der Waals surface area (Å²) in [5, 5.41) is 0. The van der Waals surface area contributed by atoms with E-state index in [0.717, 1.165) is 5.56 Å². The van der Waals surface area contributed by atoms with Crippen molar-refractivity contribution in [3.8, 4) is 5.75 Å². The van der Waals surface area contributed by atoms with Gasteiger partial charge in [-0.1, -0.05) is 42.5 Å². The van der Waals surface area contributed by atoms with Gasteiger partial charge in [-0.2, -0.15) is 0 Å². The number of benzene rings is 2. The topological polar surface area (TPSA) is 26.3 Å². The molecule has 2 rings (SSSR count). The average Bonchev–Trinajstić information content (AvgIpc) is 2.39. The van der Waals surface area contributed by atoms with Crippen LogP contribution in [-0.4, -0.2) is 5.97 Å². The number of hydrogen-bond donors (Lipinski definition) is 0. The Morgan fingerprint density at radius 1 is 1.06 bits per heavy atom. The lowest BCUT2D eigenvalue weighted by atomic mass is 10.1. The maximum atomic E-state index is 11.6. The largest absolute Gasteiger partial charge is 0.427 e. The molecule has 2 nitrogen and oxygen atoms in total. The maximum absolute atomic E-state index is 11.6. The van der Waals surface area contributed by atoms with Crippen molar-refractivity contribution in [3.63, 3.8) is 0 Å². The summed E-state index contributed by atoms with van der Waals surface area (Å²) in [6, 6.07) is 19.7. The first-order valence-electron chi connectivity index (χ1n) is 5.55. The van der Waals surface area contributed by atoms with Crippen LogP contribution >= 0.6 is 0 Å². The van der Waals surface area contributed by atoms with E-state index in [9.17, 15) is 4.79 Å². The Labute approximate surface area is 101 Å². The summed E-state index contributed by atoms with van der Waals surface area (Å²) in [7, 11) is 0. The van der Waals surface area contributed by atoms with Crippen LogP contribution in [0.25, 0.3) is 0 Å². The Bertz CT molecular complexity index is 463. The highest BCUT2D eigenvalue weighted by atomic mass is 16.5. The molecule has 0 heterocycles. The monoisotopic (exact) mass is 225 g/mol. The number of carbonyl (C=O) groups is 1. The van der Waals surface area contributed by atoms with Gasteiger partial charge in [0, 0.05) is 6.42 Å². The van der Waals surface area contributed by atoms with Gasteiger partial charge in [0.15, 0.2) is 0 Å². The molecule has 0 aliphatic rings. The van der Waals surface area contributed by atoms with E-state index in [-0.39, 0.29) is 5.97 Å². The van der Waals surface area contributed by atoms with Crippen LogP contribution in [-0.2, 0) is 11.2 Å². The fourth-order valence-corrected chi connectivity index (χ4v) is 1.51. The highest BCUT2D eigenvalue weighted by Gasteiger charge is 2.04. The molecule has 2 aromatic carbocycles. The van der Waals surface area contributed by atoms with Crippen molar-refractivity contribution in [2.45, 2.75) is 12.8 Å². The zero-order chi connectivity index (χ0) is 11.9. The molecule has 0 aliphatic heterocycles. The van der Waals surface area contributed by atoms with E-state index in [1.165, 1.54) is 0 Å². The van der Waals surface area contributed by atoms with Gasteiger partial charge in [-0.05, 0) is 30.2 Å². The third kappa shape index (κ3) is 3.76. The second kappa shape index (κ2) is 5.85. The summed E-state index contributed by atoms with van der Waals surface area (Å²) in [6.45, 7) is 0. The van der Waals surface area contributed by atoms with E-state index in [1.807, 2.05) is 30.3 Å². The lowest BCUT2D eigenvalue weighted by Gasteiger charge is -2.03.